The van der Waals surface area contributed by atoms with Crippen LogP contribution in [0.25, 0.3) is 0 Å². The number of nitrogens with zero attached hydrogens (tertiary/aromatic N) is 1. The van der Waals surface area contributed by atoms with E-state index in [0.717, 1.165) is 37.2 Å². The molecule has 0 radical (unpaired) electrons. The van der Waals surface area contributed by atoms with Crippen LogP contribution in [-0.2, 0) is 4.79 Å². The average Bonchev–Trinajstić information content (AvgIpc) is 3.27. The van der Waals surface area contributed by atoms with Crippen molar-refractivity contribution in [2.75, 3.05) is 33.4 Å². The largest absolute Gasteiger partial charge is 0.497 e. The average molecular weight is 433 g/mol. The van der Waals surface area contributed by atoms with Gasteiger partial charge in [-0.15, -0.1) is 0 Å². The lowest BCUT2D eigenvalue weighted by atomic mass is 10.0. The number of amides is 1. The second-order valence-corrected chi connectivity index (χ2v) is 7.89. The first kappa shape index (κ1) is 22.4. The monoisotopic (exact) mass is 432 g/mol. The summed E-state index contributed by atoms with van der Waals surface area (Å²) in [5.74, 6) is 1.28. The minimum atomic E-state index is -0.811. The third-order valence-corrected chi connectivity index (χ3v) is 5.50. The van der Waals surface area contributed by atoms with Crippen LogP contribution in [0.4, 0.5) is 0 Å². The van der Waals surface area contributed by atoms with E-state index in [1.165, 1.54) is 0 Å². The van der Waals surface area contributed by atoms with E-state index in [1.54, 1.807) is 43.5 Å². The molecule has 0 saturated carbocycles. The number of benzene rings is 2. The molecule has 1 amide bonds. The summed E-state index contributed by atoms with van der Waals surface area (Å²) in [5.41, 5.74) is 0.735. The summed E-state index contributed by atoms with van der Waals surface area (Å²) in [5, 5.41) is 14.5. The van der Waals surface area contributed by atoms with Gasteiger partial charge >= 0.3 is 0 Å². The van der Waals surface area contributed by atoms with Crippen molar-refractivity contribution in [1.82, 2.24) is 10.2 Å². The second-order valence-electron chi connectivity index (χ2n) is 7.45. The summed E-state index contributed by atoms with van der Waals surface area (Å²) >= 11 is 5.96. The standard InChI is InChI=1S/C23H29ClN2O4/c1-29-19-8-10-20(11-9-19)30-15-12-22(27)25-21(16-26-13-2-3-14-26)23(28)17-4-6-18(24)7-5-17/h4-11,21,23,28H,2-3,12-16H2,1H3,(H,25,27). The molecule has 162 valence electrons. The minimum absolute atomic E-state index is 0.152. The molecule has 1 fully saturated rings. The molecule has 0 aromatic heterocycles. The van der Waals surface area contributed by atoms with Crippen molar-refractivity contribution >= 4 is 17.5 Å². The number of aliphatic hydroxyl groups excluding tert-OH is 1. The first-order valence-electron chi connectivity index (χ1n) is 10.3. The van der Waals surface area contributed by atoms with Crippen LogP contribution < -0.4 is 14.8 Å². The van der Waals surface area contributed by atoms with Gasteiger partial charge in [0.15, 0.2) is 0 Å². The van der Waals surface area contributed by atoms with Crippen LogP contribution in [0.5, 0.6) is 11.5 Å². The summed E-state index contributed by atoms with van der Waals surface area (Å²) in [6.07, 6.45) is 1.69. The molecule has 2 aromatic carbocycles. The van der Waals surface area contributed by atoms with Crippen LogP contribution in [0.1, 0.15) is 30.9 Å². The molecule has 2 aromatic rings. The van der Waals surface area contributed by atoms with Crippen molar-refractivity contribution in [3.8, 4) is 11.5 Å². The Morgan fingerprint density at radius 3 is 2.37 bits per heavy atom. The van der Waals surface area contributed by atoms with Gasteiger partial charge in [0.2, 0.25) is 5.91 Å². The SMILES string of the molecule is COc1ccc(OCCC(=O)NC(CN2CCCC2)C(O)c2ccc(Cl)cc2)cc1. The highest BCUT2D eigenvalue weighted by Gasteiger charge is 2.26. The number of methoxy groups -OCH3 is 1. The normalized spacial score (nSPS) is 16.1. The van der Waals surface area contributed by atoms with E-state index in [0.29, 0.717) is 17.3 Å². The van der Waals surface area contributed by atoms with E-state index in [2.05, 4.69) is 10.2 Å². The zero-order valence-electron chi connectivity index (χ0n) is 17.2. The Morgan fingerprint density at radius 1 is 1.10 bits per heavy atom. The topological polar surface area (TPSA) is 71.0 Å². The van der Waals surface area contributed by atoms with Gasteiger partial charge in [-0.1, -0.05) is 23.7 Å². The Hall–Kier alpha value is -2.28. The van der Waals surface area contributed by atoms with Crippen LogP contribution in [0.2, 0.25) is 5.02 Å². The van der Waals surface area contributed by atoms with E-state index >= 15 is 0 Å². The Morgan fingerprint density at radius 2 is 1.73 bits per heavy atom. The van der Waals surface area contributed by atoms with Crippen molar-refractivity contribution < 1.29 is 19.4 Å². The summed E-state index contributed by atoms with van der Waals surface area (Å²) in [6.45, 7) is 2.83. The summed E-state index contributed by atoms with van der Waals surface area (Å²) in [6, 6.07) is 13.9. The fourth-order valence-electron chi connectivity index (χ4n) is 3.57. The number of likely N-dealkylation sites (tertiary alicyclic amines) is 1. The van der Waals surface area contributed by atoms with Gasteiger partial charge < -0.3 is 24.8 Å². The van der Waals surface area contributed by atoms with E-state index in [9.17, 15) is 9.90 Å². The number of ether oxygens (including phenoxy) is 2. The molecule has 30 heavy (non-hydrogen) atoms. The lowest BCUT2D eigenvalue weighted by Crippen LogP contribution is -2.47. The number of nitrogens with one attached hydrogen (secondary N) is 1. The highest BCUT2D eigenvalue weighted by Crippen LogP contribution is 2.22. The quantitative estimate of drug-likeness (QED) is 0.601. The zero-order valence-corrected chi connectivity index (χ0v) is 18.0. The van der Waals surface area contributed by atoms with Gasteiger partial charge in [-0.25, -0.2) is 0 Å². The number of carbonyl (C=O) groups is 1. The van der Waals surface area contributed by atoms with Gasteiger partial charge in [-0.2, -0.15) is 0 Å². The number of rotatable bonds is 10. The lowest BCUT2D eigenvalue weighted by Gasteiger charge is -2.28. The molecule has 1 saturated heterocycles. The Bertz CT molecular complexity index is 792. The molecule has 2 atom stereocenters. The predicted molar refractivity (Wildman–Crippen MR) is 117 cm³/mol. The van der Waals surface area contributed by atoms with Crippen LogP contribution in [-0.4, -0.2) is 55.3 Å². The van der Waals surface area contributed by atoms with E-state index in [-0.39, 0.29) is 18.9 Å². The van der Waals surface area contributed by atoms with Crippen molar-refractivity contribution in [2.45, 2.75) is 31.4 Å². The van der Waals surface area contributed by atoms with Gasteiger partial charge in [-0.3, -0.25) is 4.79 Å². The molecule has 1 heterocycles. The van der Waals surface area contributed by atoms with Crippen LogP contribution in [0.15, 0.2) is 48.5 Å². The minimum Gasteiger partial charge on any atom is -0.497 e. The first-order chi connectivity index (χ1) is 14.5. The highest BCUT2D eigenvalue weighted by molar-refractivity contribution is 6.30. The maximum absolute atomic E-state index is 12.5. The first-order valence-corrected chi connectivity index (χ1v) is 10.6. The number of hydrogen-bond acceptors (Lipinski definition) is 5. The molecular formula is C23H29ClN2O4. The van der Waals surface area contributed by atoms with Crippen molar-refractivity contribution in [3.63, 3.8) is 0 Å². The fraction of sp³-hybridized carbons (Fsp3) is 0.435. The summed E-state index contributed by atoms with van der Waals surface area (Å²) in [7, 11) is 1.61. The lowest BCUT2D eigenvalue weighted by molar-refractivity contribution is -0.123. The van der Waals surface area contributed by atoms with Crippen molar-refractivity contribution in [1.29, 1.82) is 0 Å². The fourth-order valence-corrected chi connectivity index (χ4v) is 3.70. The summed E-state index contributed by atoms with van der Waals surface area (Å²) < 4.78 is 10.8. The molecule has 2 unspecified atom stereocenters. The molecule has 1 aliphatic rings. The Kier molecular flexibility index (Phi) is 8.37. The molecule has 0 bridgehead atoms. The van der Waals surface area contributed by atoms with Crippen LogP contribution in [0.3, 0.4) is 0 Å². The second kappa shape index (κ2) is 11.2. The maximum Gasteiger partial charge on any atom is 0.223 e. The van der Waals surface area contributed by atoms with Gasteiger partial charge in [0.05, 0.1) is 26.2 Å². The summed E-state index contributed by atoms with van der Waals surface area (Å²) in [4.78, 5) is 14.8. The molecular weight excluding hydrogens is 404 g/mol. The molecule has 3 rings (SSSR count). The number of halogens is 1. The Balaban J connectivity index is 1.55. The molecule has 2 N–H and O–H groups in total. The highest BCUT2D eigenvalue weighted by atomic mass is 35.5. The van der Waals surface area contributed by atoms with E-state index < -0.39 is 12.1 Å². The third kappa shape index (κ3) is 6.62. The number of aliphatic hydroxyl groups is 1. The maximum atomic E-state index is 12.5. The van der Waals surface area contributed by atoms with Crippen molar-refractivity contribution in [2.24, 2.45) is 0 Å². The van der Waals surface area contributed by atoms with E-state index in [1.807, 2.05) is 12.1 Å². The molecule has 0 aliphatic carbocycles. The zero-order chi connectivity index (χ0) is 21.3. The van der Waals surface area contributed by atoms with E-state index in [4.69, 9.17) is 21.1 Å². The Labute approximate surface area is 182 Å². The van der Waals surface area contributed by atoms with Gasteiger partial charge in [0.1, 0.15) is 17.6 Å². The molecule has 7 heteroatoms. The van der Waals surface area contributed by atoms with Gasteiger partial charge in [0.25, 0.3) is 0 Å². The third-order valence-electron chi connectivity index (χ3n) is 5.25. The smallest absolute Gasteiger partial charge is 0.223 e. The van der Waals surface area contributed by atoms with Crippen molar-refractivity contribution in [3.05, 3.63) is 59.1 Å². The van der Waals surface area contributed by atoms with Crippen LogP contribution >= 0.6 is 11.6 Å². The molecule has 0 spiro atoms. The van der Waals surface area contributed by atoms with Gasteiger partial charge in [-0.05, 0) is 67.9 Å². The van der Waals surface area contributed by atoms with Crippen LogP contribution in [0, 0.1) is 0 Å². The number of carbonyl (C=O) groups excluding carboxylic acids is 1. The predicted octanol–water partition coefficient (Wildman–Crippen LogP) is 3.43. The number of hydrogen-bond donors (Lipinski definition) is 2. The molecule has 1 aliphatic heterocycles. The molecule has 6 nitrogen and oxygen atoms in total. The van der Waals surface area contributed by atoms with Gasteiger partial charge in [0, 0.05) is 11.6 Å².